The van der Waals surface area contributed by atoms with E-state index < -0.39 is 11.7 Å². The first-order valence-corrected chi connectivity index (χ1v) is 6.21. The van der Waals surface area contributed by atoms with Crippen LogP contribution in [0.1, 0.15) is 5.56 Å². The van der Waals surface area contributed by atoms with Gasteiger partial charge in [-0.05, 0) is 23.8 Å². The number of alkyl halides is 2. The fraction of sp³-hybridized carbons (Fsp3) is 0.167. The van der Waals surface area contributed by atoms with Gasteiger partial charge in [0.05, 0.1) is 11.2 Å². The number of halogens is 3. The maximum atomic E-state index is 13.7. The van der Waals surface area contributed by atoms with Crippen LogP contribution in [-0.2, 0) is 10.7 Å². The van der Waals surface area contributed by atoms with Crippen LogP contribution >= 0.6 is 23.2 Å². The predicted molar refractivity (Wildman–Crippen MR) is 70.6 cm³/mol. The number of amides is 1. The van der Waals surface area contributed by atoms with Crippen LogP contribution in [0.3, 0.4) is 0 Å². The normalized spacial score (nSPS) is 10.6. The minimum atomic E-state index is -0.533. The third-order valence-electron chi connectivity index (χ3n) is 2.38. The SMILES string of the molecule is O=C(CCl)Nc1cc2ncc(CCl)cc2cc1F. The number of rotatable bonds is 3. The topological polar surface area (TPSA) is 42.0 Å². The van der Waals surface area contributed by atoms with E-state index in [9.17, 15) is 9.18 Å². The lowest BCUT2D eigenvalue weighted by atomic mass is 10.1. The van der Waals surface area contributed by atoms with E-state index in [0.717, 1.165) is 5.56 Å². The van der Waals surface area contributed by atoms with Gasteiger partial charge in [0.1, 0.15) is 11.7 Å². The average Bonchev–Trinajstić information content (AvgIpc) is 2.38. The van der Waals surface area contributed by atoms with E-state index in [1.54, 1.807) is 12.3 Å². The number of pyridine rings is 1. The molecule has 1 aromatic carbocycles. The van der Waals surface area contributed by atoms with E-state index in [4.69, 9.17) is 23.2 Å². The summed E-state index contributed by atoms with van der Waals surface area (Å²) in [6, 6.07) is 4.53. The van der Waals surface area contributed by atoms with Crippen LogP contribution in [0, 0.1) is 5.82 Å². The molecule has 0 unspecified atom stereocenters. The maximum absolute atomic E-state index is 13.7. The lowest BCUT2D eigenvalue weighted by Crippen LogP contribution is -2.13. The highest BCUT2D eigenvalue weighted by atomic mass is 35.5. The zero-order valence-electron chi connectivity index (χ0n) is 9.21. The summed E-state index contributed by atoms with van der Waals surface area (Å²) in [4.78, 5) is 15.3. The quantitative estimate of drug-likeness (QED) is 0.880. The molecule has 6 heteroatoms. The van der Waals surface area contributed by atoms with Crippen molar-refractivity contribution in [2.24, 2.45) is 0 Å². The van der Waals surface area contributed by atoms with E-state index in [1.807, 2.05) is 0 Å². The third-order valence-corrected chi connectivity index (χ3v) is 2.93. The number of fused-ring (bicyclic) bond motifs is 1. The first-order chi connectivity index (χ1) is 8.63. The van der Waals surface area contributed by atoms with Gasteiger partial charge in [-0.25, -0.2) is 4.39 Å². The van der Waals surface area contributed by atoms with Crippen molar-refractivity contribution in [3.05, 3.63) is 35.8 Å². The fourth-order valence-corrected chi connectivity index (χ4v) is 1.76. The van der Waals surface area contributed by atoms with Gasteiger partial charge in [0.2, 0.25) is 5.91 Å². The minimum Gasteiger partial charge on any atom is -0.322 e. The Morgan fingerprint density at radius 1 is 1.33 bits per heavy atom. The second kappa shape index (κ2) is 5.50. The Hall–Kier alpha value is -1.39. The molecule has 2 rings (SSSR count). The van der Waals surface area contributed by atoms with Crippen LogP contribution in [0.2, 0.25) is 0 Å². The van der Waals surface area contributed by atoms with Crippen molar-refractivity contribution in [2.45, 2.75) is 5.88 Å². The summed E-state index contributed by atoms with van der Waals surface area (Å²) in [5, 5.41) is 3.00. The predicted octanol–water partition coefficient (Wildman–Crippen LogP) is 3.29. The lowest BCUT2D eigenvalue weighted by Gasteiger charge is -2.07. The highest BCUT2D eigenvalue weighted by Gasteiger charge is 2.09. The average molecular weight is 287 g/mol. The summed E-state index contributed by atoms with van der Waals surface area (Å²) >= 11 is 11.0. The Morgan fingerprint density at radius 2 is 2.11 bits per heavy atom. The summed E-state index contributed by atoms with van der Waals surface area (Å²) in [7, 11) is 0. The Bertz CT molecular complexity index is 604. The van der Waals surface area contributed by atoms with Gasteiger partial charge in [-0.1, -0.05) is 0 Å². The van der Waals surface area contributed by atoms with Crippen molar-refractivity contribution in [2.75, 3.05) is 11.2 Å². The van der Waals surface area contributed by atoms with Crippen LogP contribution in [-0.4, -0.2) is 16.8 Å². The number of nitrogens with one attached hydrogen (secondary N) is 1. The van der Waals surface area contributed by atoms with Crippen molar-refractivity contribution in [1.82, 2.24) is 4.98 Å². The molecule has 1 amide bonds. The fourth-order valence-electron chi connectivity index (χ4n) is 1.55. The van der Waals surface area contributed by atoms with Gasteiger partial charge in [-0.3, -0.25) is 9.78 Å². The highest BCUT2D eigenvalue weighted by molar-refractivity contribution is 6.29. The first kappa shape index (κ1) is 13.1. The smallest absolute Gasteiger partial charge is 0.239 e. The summed E-state index contributed by atoms with van der Waals surface area (Å²) < 4.78 is 13.7. The lowest BCUT2D eigenvalue weighted by molar-refractivity contribution is -0.113. The van der Waals surface area contributed by atoms with Crippen LogP contribution < -0.4 is 5.32 Å². The Balaban J connectivity index is 2.45. The molecule has 0 atom stereocenters. The number of hydrogen-bond acceptors (Lipinski definition) is 2. The van der Waals surface area contributed by atoms with Gasteiger partial charge in [0.15, 0.2) is 0 Å². The van der Waals surface area contributed by atoms with E-state index in [-0.39, 0.29) is 11.6 Å². The molecule has 18 heavy (non-hydrogen) atoms. The molecule has 0 aliphatic rings. The molecule has 0 aliphatic carbocycles. The zero-order chi connectivity index (χ0) is 13.1. The number of benzene rings is 1. The number of carbonyl (C=O) groups is 1. The van der Waals surface area contributed by atoms with Gasteiger partial charge in [-0.2, -0.15) is 0 Å². The number of anilines is 1. The molecule has 94 valence electrons. The molecule has 0 fully saturated rings. The Labute approximate surface area is 113 Å². The molecule has 0 spiro atoms. The van der Waals surface area contributed by atoms with Crippen LogP contribution in [0.25, 0.3) is 10.9 Å². The number of aromatic nitrogens is 1. The van der Waals surface area contributed by atoms with Crippen molar-refractivity contribution >= 4 is 45.7 Å². The van der Waals surface area contributed by atoms with Gasteiger partial charge >= 0.3 is 0 Å². The third kappa shape index (κ3) is 2.71. The standard InChI is InChI=1S/C12H9Cl2FN2O/c13-4-7-1-8-2-9(15)11(17-12(18)5-14)3-10(8)16-6-7/h1-3,6H,4-5H2,(H,17,18). The monoisotopic (exact) mass is 286 g/mol. The molecule has 1 heterocycles. The molecule has 0 saturated heterocycles. The molecular formula is C12H9Cl2FN2O. The Morgan fingerprint density at radius 3 is 2.78 bits per heavy atom. The molecular weight excluding hydrogens is 278 g/mol. The van der Waals surface area contributed by atoms with Gasteiger partial charge in [-0.15, -0.1) is 23.2 Å². The molecule has 0 saturated carbocycles. The van der Waals surface area contributed by atoms with Crippen molar-refractivity contribution in [3.8, 4) is 0 Å². The van der Waals surface area contributed by atoms with Crippen molar-refractivity contribution in [3.63, 3.8) is 0 Å². The molecule has 0 aliphatic heterocycles. The summed E-state index contributed by atoms with van der Waals surface area (Å²) in [6.07, 6.45) is 1.61. The van der Waals surface area contributed by atoms with E-state index in [0.29, 0.717) is 16.8 Å². The molecule has 1 aromatic heterocycles. The first-order valence-electron chi connectivity index (χ1n) is 5.14. The minimum absolute atomic E-state index is 0.0688. The summed E-state index contributed by atoms with van der Waals surface area (Å²) in [5.74, 6) is -0.910. The molecule has 2 aromatic rings. The summed E-state index contributed by atoms with van der Waals surface area (Å²) in [5.41, 5.74) is 1.45. The highest BCUT2D eigenvalue weighted by Crippen LogP contribution is 2.22. The molecule has 0 radical (unpaired) electrons. The van der Waals surface area contributed by atoms with Crippen LogP contribution in [0.4, 0.5) is 10.1 Å². The van der Waals surface area contributed by atoms with E-state index in [1.165, 1.54) is 12.1 Å². The molecule has 1 N–H and O–H groups in total. The number of hydrogen-bond donors (Lipinski definition) is 1. The van der Waals surface area contributed by atoms with E-state index >= 15 is 0 Å². The van der Waals surface area contributed by atoms with Crippen LogP contribution in [0.15, 0.2) is 24.4 Å². The van der Waals surface area contributed by atoms with Gasteiger partial charge in [0.25, 0.3) is 0 Å². The van der Waals surface area contributed by atoms with Crippen molar-refractivity contribution < 1.29 is 9.18 Å². The molecule has 3 nitrogen and oxygen atoms in total. The van der Waals surface area contributed by atoms with E-state index in [2.05, 4.69) is 10.3 Å². The largest absolute Gasteiger partial charge is 0.322 e. The van der Waals surface area contributed by atoms with Crippen LogP contribution in [0.5, 0.6) is 0 Å². The number of carbonyl (C=O) groups excluding carboxylic acids is 1. The maximum Gasteiger partial charge on any atom is 0.239 e. The molecule has 0 bridgehead atoms. The second-order valence-corrected chi connectivity index (χ2v) is 4.22. The Kier molecular flexibility index (Phi) is 3.99. The second-order valence-electron chi connectivity index (χ2n) is 3.68. The van der Waals surface area contributed by atoms with Gasteiger partial charge in [0, 0.05) is 17.5 Å². The number of nitrogens with zero attached hydrogens (tertiary/aromatic N) is 1. The van der Waals surface area contributed by atoms with Gasteiger partial charge < -0.3 is 5.32 Å². The zero-order valence-corrected chi connectivity index (χ0v) is 10.7. The summed E-state index contributed by atoms with van der Waals surface area (Å²) in [6.45, 7) is 0. The van der Waals surface area contributed by atoms with Crippen molar-refractivity contribution in [1.29, 1.82) is 0 Å².